The maximum absolute atomic E-state index is 13.5. The number of carbonyl (C=O) groups is 1. The zero-order valence-corrected chi connectivity index (χ0v) is 18.9. The minimum atomic E-state index is -0.334. The van der Waals surface area contributed by atoms with Crippen LogP contribution in [0, 0.1) is 5.82 Å². The Morgan fingerprint density at radius 1 is 1.00 bits per heavy atom. The molecule has 0 saturated carbocycles. The molecule has 2 aromatic carbocycles. The SMILES string of the molecule is CN(C(=O)Cc1c(Cl)cccc1Cl)c1c(-c2ccncc2)c(-c2ccc(F)cc2)nn1C. The van der Waals surface area contributed by atoms with Gasteiger partial charge in [0.25, 0.3) is 0 Å². The summed E-state index contributed by atoms with van der Waals surface area (Å²) >= 11 is 12.5. The van der Waals surface area contributed by atoms with Crippen molar-refractivity contribution in [2.75, 3.05) is 11.9 Å². The molecule has 4 rings (SSSR count). The average Bonchev–Trinajstić information content (AvgIpc) is 3.13. The zero-order valence-electron chi connectivity index (χ0n) is 17.4. The molecule has 1 amide bonds. The van der Waals surface area contributed by atoms with Gasteiger partial charge in [-0.15, -0.1) is 0 Å². The summed E-state index contributed by atoms with van der Waals surface area (Å²) in [6.07, 6.45) is 3.37. The maximum atomic E-state index is 13.5. The van der Waals surface area contributed by atoms with Crippen LogP contribution in [0.1, 0.15) is 5.56 Å². The standard InChI is InChI=1S/C24H19Cl2FN4O/c1-30(21(32)14-18-19(25)4-3-5-20(18)26)24-22(15-10-12-28-13-11-15)23(29-31(24)2)16-6-8-17(27)9-7-16/h3-13H,14H2,1-2H3. The third kappa shape index (κ3) is 4.24. The zero-order chi connectivity index (χ0) is 22.8. The normalized spacial score (nSPS) is 10.9. The van der Waals surface area contributed by atoms with E-state index in [1.165, 1.54) is 17.0 Å². The molecule has 0 spiro atoms. The predicted molar refractivity (Wildman–Crippen MR) is 125 cm³/mol. The summed E-state index contributed by atoms with van der Waals surface area (Å²) < 4.78 is 15.1. The highest BCUT2D eigenvalue weighted by Crippen LogP contribution is 2.39. The third-order valence-corrected chi connectivity index (χ3v) is 5.89. The minimum absolute atomic E-state index is 0.0296. The molecule has 32 heavy (non-hydrogen) atoms. The second kappa shape index (κ2) is 9.10. The Morgan fingerprint density at radius 2 is 1.62 bits per heavy atom. The van der Waals surface area contributed by atoms with Crippen molar-refractivity contribution in [2.45, 2.75) is 6.42 Å². The highest BCUT2D eigenvalue weighted by atomic mass is 35.5. The van der Waals surface area contributed by atoms with Crippen LogP contribution in [0.15, 0.2) is 67.0 Å². The van der Waals surface area contributed by atoms with Gasteiger partial charge in [0.2, 0.25) is 5.91 Å². The van der Waals surface area contributed by atoms with Gasteiger partial charge in [0.05, 0.1) is 12.0 Å². The molecule has 0 unspecified atom stereocenters. The van der Waals surface area contributed by atoms with Gasteiger partial charge in [-0.3, -0.25) is 19.4 Å². The van der Waals surface area contributed by atoms with Gasteiger partial charge in [0.15, 0.2) is 0 Å². The fourth-order valence-electron chi connectivity index (χ4n) is 3.58. The van der Waals surface area contributed by atoms with Crippen LogP contribution in [0.3, 0.4) is 0 Å². The number of rotatable bonds is 5. The van der Waals surface area contributed by atoms with Crippen LogP contribution in [0.4, 0.5) is 10.2 Å². The van der Waals surface area contributed by atoms with E-state index in [0.29, 0.717) is 27.1 Å². The molecule has 0 N–H and O–H groups in total. The van der Waals surface area contributed by atoms with Crippen molar-refractivity contribution in [3.63, 3.8) is 0 Å². The number of aryl methyl sites for hydroxylation is 1. The smallest absolute Gasteiger partial charge is 0.232 e. The van der Waals surface area contributed by atoms with Crippen molar-refractivity contribution in [3.05, 3.63) is 88.4 Å². The maximum Gasteiger partial charge on any atom is 0.232 e. The van der Waals surface area contributed by atoms with E-state index in [1.807, 2.05) is 12.1 Å². The number of hydrogen-bond donors (Lipinski definition) is 0. The topological polar surface area (TPSA) is 51.0 Å². The molecule has 0 aliphatic heterocycles. The second-order valence-electron chi connectivity index (χ2n) is 7.24. The van der Waals surface area contributed by atoms with E-state index in [9.17, 15) is 9.18 Å². The van der Waals surface area contributed by atoms with Gasteiger partial charge in [0, 0.05) is 42.1 Å². The first-order chi connectivity index (χ1) is 15.4. The van der Waals surface area contributed by atoms with Gasteiger partial charge in [-0.2, -0.15) is 5.10 Å². The summed E-state index contributed by atoms with van der Waals surface area (Å²) in [6.45, 7) is 0. The highest BCUT2D eigenvalue weighted by molar-refractivity contribution is 6.36. The van der Waals surface area contributed by atoms with Crippen LogP contribution in [-0.2, 0) is 18.3 Å². The summed E-state index contributed by atoms with van der Waals surface area (Å²) in [7, 11) is 3.45. The van der Waals surface area contributed by atoms with Crippen molar-refractivity contribution < 1.29 is 9.18 Å². The first kappa shape index (κ1) is 22.0. The van der Waals surface area contributed by atoms with Crippen LogP contribution < -0.4 is 4.90 Å². The molecule has 0 radical (unpaired) electrons. The molecule has 0 aliphatic rings. The Labute approximate surface area is 195 Å². The molecule has 5 nitrogen and oxygen atoms in total. The fraction of sp³-hybridized carbons (Fsp3) is 0.125. The summed E-state index contributed by atoms with van der Waals surface area (Å²) in [5, 5.41) is 5.53. The fourth-order valence-corrected chi connectivity index (χ4v) is 4.11. The number of likely N-dealkylation sites (N-methyl/N-ethyl adjacent to an activating group) is 1. The van der Waals surface area contributed by atoms with E-state index >= 15 is 0 Å². The number of amides is 1. The van der Waals surface area contributed by atoms with Crippen LogP contribution in [0.25, 0.3) is 22.4 Å². The number of benzene rings is 2. The third-order valence-electron chi connectivity index (χ3n) is 5.19. The lowest BCUT2D eigenvalue weighted by atomic mass is 10.0. The Kier molecular flexibility index (Phi) is 6.26. The quantitative estimate of drug-likeness (QED) is 0.371. The summed E-state index contributed by atoms with van der Waals surface area (Å²) in [5.74, 6) is 0.0481. The Hall–Kier alpha value is -3.22. The van der Waals surface area contributed by atoms with Gasteiger partial charge in [0.1, 0.15) is 17.3 Å². The van der Waals surface area contributed by atoms with Crippen molar-refractivity contribution in [1.29, 1.82) is 0 Å². The van der Waals surface area contributed by atoms with E-state index in [0.717, 1.165) is 16.7 Å². The predicted octanol–water partition coefficient (Wildman–Crippen LogP) is 5.80. The van der Waals surface area contributed by atoms with E-state index in [2.05, 4.69) is 10.1 Å². The van der Waals surface area contributed by atoms with Crippen molar-refractivity contribution >= 4 is 34.9 Å². The lowest BCUT2D eigenvalue weighted by Crippen LogP contribution is -2.30. The molecule has 0 aliphatic carbocycles. The summed E-state index contributed by atoms with van der Waals surface area (Å²) in [5.41, 5.74) is 3.50. The molecule has 0 atom stereocenters. The largest absolute Gasteiger partial charge is 0.299 e. The van der Waals surface area contributed by atoms with Crippen molar-refractivity contribution in [3.8, 4) is 22.4 Å². The van der Waals surface area contributed by atoms with Crippen LogP contribution in [0.5, 0.6) is 0 Å². The first-order valence-electron chi connectivity index (χ1n) is 9.79. The van der Waals surface area contributed by atoms with E-state index in [4.69, 9.17) is 23.2 Å². The number of aromatic nitrogens is 3. The molecular formula is C24H19Cl2FN4O. The number of hydrogen-bond acceptors (Lipinski definition) is 3. The van der Waals surface area contributed by atoms with Gasteiger partial charge in [-0.05, 0) is 59.7 Å². The lowest BCUT2D eigenvalue weighted by molar-refractivity contribution is -0.117. The molecule has 8 heteroatoms. The number of carbonyl (C=O) groups excluding carboxylic acids is 1. The molecule has 2 heterocycles. The Bertz CT molecular complexity index is 1250. The second-order valence-corrected chi connectivity index (χ2v) is 8.06. The molecule has 0 saturated heterocycles. The van der Waals surface area contributed by atoms with Gasteiger partial charge >= 0.3 is 0 Å². The van der Waals surface area contributed by atoms with Crippen LogP contribution >= 0.6 is 23.2 Å². The molecular weight excluding hydrogens is 450 g/mol. The monoisotopic (exact) mass is 468 g/mol. The van der Waals surface area contributed by atoms with Crippen LogP contribution in [-0.4, -0.2) is 27.7 Å². The Balaban J connectivity index is 1.81. The first-order valence-corrected chi connectivity index (χ1v) is 10.5. The van der Waals surface area contributed by atoms with Crippen molar-refractivity contribution in [2.24, 2.45) is 7.05 Å². The summed E-state index contributed by atoms with van der Waals surface area (Å²) in [6, 6.07) is 14.9. The molecule has 162 valence electrons. The van der Waals surface area contributed by atoms with Gasteiger partial charge in [-0.1, -0.05) is 29.3 Å². The van der Waals surface area contributed by atoms with Crippen molar-refractivity contribution in [1.82, 2.24) is 14.8 Å². The molecule has 2 aromatic heterocycles. The van der Waals surface area contributed by atoms with Crippen LogP contribution in [0.2, 0.25) is 10.0 Å². The minimum Gasteiger partial charge on any atom is -0.299 e. The van der Waals surface area contributed by atoms with Gasteiger partial charge in [-0.25, -0.2) is 4.39 Å². The molecule has 4 aromatic rings. The van der Waals surface area contributed by atoms with E-state index < -0.39 is 0 Å². The molecule has 0 fully saturated rings. The highest BCUT2D eigenvalue weighted by Gasteiger charge is 2.26. The summed E-state index contributed by atoms with van der Waals surface area (Å²) in [4.78, 5) is 18.9. The number of halogens is 3. The number of pyridine rings is 1. The van der Waals surface area contributed by atoms with E-state index in [-0.39, 0.29) is 18.1 Å². The van der Waals surface area contributed by atoms with E-state index in [1.54, 1.807) is 61.5 Å². The van der Waals surface area contributed by atoms with Gasteiger partial charge < -0.3 is 0 Å². The Morgan fingerprint density at radius 3 is 2.25 bits per heavy atom. The molecule has 0 bridgehead atoms. The number of nitrogens with zero attached hydrogens (tertiary/aromatic N) is 4. The average molecular weight is 469 g/mol. The lowest BCUT2D eigenvalue weighted by Gasteiger charge is -2.20. The number of anilines is 1.